The first-order valence-electron chi connectivity index (χ1n) is 10.7. The van der Waals surface area contributed by atoms with Crippen LogP contribution in [0.2, 0.25) is 0 Å². The molecule has 150 valence electrons. The first kappa shape index (κ1) is 20.2. The van der Waals surface area contributed by atoms with Crippen molar-refractivity contribution < 1.29 is 0 Å². The van der Waals surface area contributed by atoms with Crippen LogP contribution in [0.3, 0.4) is 0 Å². The summed E-state index contributed by atoms with van der Waals surface area (Å²) in [6.07, 6.45) is 5.32. The molecule has 1 unspecified atom stereocenters. The standard InChI is InChI=1S/C22H37N5/c1-3-23-22(25-16-21-7-6-12-26(2)17-21)24-15-19-8-10-20(11-9-19)18-27-13-4-5-14-27/h8-11,21H,3-7,12-18H2,1-2H3,(H2,23,24,25). The Morgan fingerprint density at radius 1 is 1.04 bits per heavy atom. The lowest BCUT2D eigenvalue weighted by Crippen LogP contribution is -2.43. The fourth-order valence-electron chi connectivity index (χ4n) is 4.14. The number of piperidine rings is 1. The average molecular weight is 372 g/mol. The molecule has 3 rings (SSSR count). The molecule has 0 radical (unpaired) electrons. The zero-order valence-corrected chi connectivity index (χ0v) is 17.2. The van der Waals surface area contributed by atoms with Gasteiger partial charge in [-0.15, -0.1) is 0 Å². The lowest BCUT2D eigenvalue weighted by Gasteiger charge is -2.30. The minimum atomic E-state index is 0.720. The third-order valence-corrected chi connectivity index (χ3v) is 5.67. The maximum absolute atomic E-state index is 4.79. The summed E-state index contributed by atoms with van der Waals surface area (Å²) in [4.78, 5) is 9.77. The van der Waals surface area contributed by atoms with Crippen molar-refractivity contribution in [2.45, 2.75) is 45.7 Å². The predicted octanol–water partition coefficient (Wildman–Crippen LogP) is 2.68. The van der Waals surface area contributed by atoms with Crippen molar-refractivity contribution in [1.82, 2.24) is 20.4 Å². The maximum atomic E-state index is 4.79. The summed E-state index contributed by atoms with van der Waals surface area (Å²) < 4.78 is 0. The van der Waals surface area contributed by atoms with Crippen LogP contribution < -0.4 is 10.6 Å². The molecule has 1 atom stereocenters. The Morgan fingerprint density at radius 3 is 2.48 bits per heavy atom. The van der Waals surface area contributed by atoms with Gasteiger partial charge in [-0.3, -0.25) is 4.90 Å². The number of rotatable bonds is 7. The summed E-state index contributed by atoms with van der Waals surface area (Å²) in [5.41, 5.74) is 2.69. The Kier molecular flexibility index (Phi) is 7.96. The summed E-state index contributed by atoms with van der Waals surface area (Å²) in [6, 6.07) is 8.99. The second-order valence-corrected chi connectivity index (χ2v) is 8.15. The highest BCUT2D eigenvalue weighted by Gasteiger charge is 2.17. The van der Waals surface area contributed by atoms with Crippen molar-refractivity contribution in [2.75, 3.05) is 46.3 Å². The van der Waals surface area contributed by atoms with Gasteiger partial charge in [0.15, 0.2) is 5.96 Å². The fourth-order valence-corrected chi connectivity index (χ4v) is 4.14. The highest BCUT2D eigenvalue weighted by Crippen LogP contribution is 2.15. The van der Waals surface area contributed by atoms with Gasteiger partial charge in [0.25, 0.3) is 0 Å². The van der Waals surface area contributed by atoms with Gasteiger partial charge >= 0.3 is 0 Å². The number of nitrogens with zero attached hydrogens (tertiary/aromatic N) is 3. The first-order chi connectivity index (χ1) is 13.2. The van der Waals surface area contributed by atoms with Gasteiger partial charge in [-0.25, -0.2) is 4.99 Å². The van der Waals surface area contributed by atoms with Crippen molar-refractivity contribution in [3.05, 3.63) is 35.4 Å². The Labute approximate surface area is 165 Å². The van der Waals surface area contributed by atoms with Gasteiger partial charge in [0, 0.05) is 26.2 Å². The van der Waals surface area contributed by atoms with E-state index < -0.39 is 0 Å². The van der Waals surface area contributed by atoms with E-state index in [0.29, 0.717) is 0 Å². The molecule has 0 spiro atoms. The largest absolute Gasteiger partial charge is 0.357 e. The number of aliphatic imine (C=N–C) groups is 1. The first-order valence-corrected chi connectivity index (χ1v) is 10.7. The van der Waals surface area contributed by atoms with Crippen LogP contribution in [0.5, 0.6) is 0 Å². The summed E-state index contributed by atoms with van der Waals surface area (Å²) in [5.74, 6) is 1.66. The minimum Gasteiger partial charge on any atom is -0.357 e. The van der Waals surface area contributed by atoms with Gasteiger partial charge in [0.05, 0.1) is 6.54 Å². The van der Waals surface area contributed by atoms with Crippen LogP contribution in [0, 0.1) is 5.92 Å². The van der Waals surface area contributed by atoms with Crippen LogP contribution in [-0.4, -0.2) is 62.1 Å². The molecular formula is C22H37N5. The van der Waals surface area contributed by atoms with Crippen molar-refractivity contribution in [1.29, 1.82) is 0 Å². The second-order valence-electron chi connectivity index (χ2n) is 8.15. The molecule has 1 aromatic rings. The molecule has 2 aliphatic heterocycles. The number of hydrogen-bond acceptors (Lipinski definition) is 3. The molecule has 0 aromatic heterocycles. The Morgan fingerprint density at radius 2 is 1.78 bits per heavy atom. The average Bonchev–Trinajstić information content (AvgIpc) is 3.18. The molecule has 1 aromatic carbocycles. The predicted molar refractivity (Wildman–Crippen MR) is 114 cm³/mol. The number of nitrogens with one attached hydrogen (secondary N) is 2. The lowest BCUT2D eigenvalue weighted by atomic mass is 9.99. The van der Waals surface area contributed by atoms with E-state index in [0.717, 1.165) is 38.1 Å². The topological polar surface area (TPSA) is 42.9 Å². The van der Waals surface area contributed by atoms with Gasteiger partial charge in [0.1, 0.15) is 0 Å². The van der Waals surface area contributed by atoms with E-state index in [1.165, 1.54) is 63.0 Å². The van der Waals surface area contributed by atoms with Crippen LogP contribution in [0.15, 0.2) is 29.3 Å². The monoisotopic (exact) mass is 371 g/mol. The van der Waals surface area contributed by atoms with E-state index in [1.807, 2.05) is 0 Å². The molecule has 2 fully saturated rings. The maximum Gasteiger partial charge on any atom is 0.191 e. The van der Waals surface area contributed by atoms with Gasteiger partial charge in [-0.05, 0) is 76.3 Å². The smallest absolute Gasteiger partial charge is 0.191 e. The molecule has 0 saturated carbocycles. The molecule has 0 aliphatic carbocycles. The quantitative estimate of drug-likeness (QED) is 0.571. The van der Waals surface area contributed by atoms with Crippen molar-refractivity contribution >= 4 is 5.96 Å². The van der Waals surface area contributed by atoms with E-state index in [-0.39, 0.29) is 0 Å². The minimum absolute atomic E-state index is 0.720. The Balaban J connectivity index is 1.48. The van der Waals surface area contributed by atoms with E-state index in [1.54, 1.807) is 0 Å². The molecule has 2 N–H and O–H groups in total. The molecule has 27 heavy (non-hydrogen) atoms. The van der Waals surface area contributed by atoms with Crippen molar-refractivity contribution in [2.24, 2.45) is 10.9 Å². The van der Waals surface area contributed by atoms with E-state index >= 15 is 0 Å². The van der Waals surface area contributed by atoms with E-state index in [9.17, 15) is 0 Å². The third-order valence-electron chi connectivity index (χ3n) is 5.67. The van der Waals surface area contributed by atoms with E-state index in [2.05, 4.69) is 58.7 Å². The van der Waals surface area contributed by atoms with E-state index in [4.69, 9.17) is 4.99 Å². The van der Waals surface area contributed by atoms with Crippen LogP contribution >= 0.6 is 0 Å². The second kappa shape index (κ2) is 10.7. The molecule has 2 saturated heterocycles. The highest BCUT2D eigenvalue weighted by molar-refractivity contribution is 5.79. The van der Waals surface area contributed by atoms with Crippen LogP contribution in [0.25, 0.3) is 0 Å². The van der Waals surface area contributed by atoms with Gasteiger partial charge < -0.3 is 15.5 Å². The number of guanidine groups is 1. The van der Waals surface area contributed by atoms with Gasteiger partial charge in [-0.1, -0.05) is 24.3 Å². The number of benzene rings is 1. The summed E-state index contributed by atoms with van der Waals surface area (Å²) >= 11 is 0. The highest BCUT2D eigenvalue weighted by atomic mass is 15.2. The summed E-state index contributed by atoms with van der Waals surface area (Å²) in [7, 11) is 2.22. The number of likely N-dealkylation sites (tertiary alicyclic amines) is 2. The molecule has 2 aliphatic rings. The van der Waals surface area contributed by atoms with Crippen LogP contribution in [0.4, 0.5) is 0 Å². The molecule has 5 heteroatoms. The molecule has 0 bridgehead atoms. The SMILES string of the molecule is CCNC(=NCc1ccc(CN2CCCC2)cc1)NCC1CCCN(C)C1. The Bertz CT molecular complexity index is 577. The molecule has 2 heterocycles. The number of hydrogen-bond donors (Lipinski definition) is 2. The molecular weight excluding hydrogens is 334 g/mol. The van der Waals surface area contributed by atoms with Crippen LogP contribution in [-0.2, 0) is 13.1 Å². The van der Waals surface area contributed by atoms with Crippen molar-refractivity contribution in [3.8, 4) is 0 Å². The van der Waals surface area contributed by atoms with Crippen molar-refractivity contribution in [3.63, 3.8) is 0 Å². The zero-order valence-electron chi connectivity index (χ0n) is 17.2. The molecule has 5 nitrogen and oxygen atoms in total. The summed E-state index contributed by atoms with van der Waals surface area (Å²) in [6.45, 7) is 10.8. The zero-order chi connectivity index (χ0) is 18.9. The fraction of sp³-hybridized carbons (Fsp3) is 0.682. The van der Waals surface area contributed by atoms with Gasteiger partial charge in [0.2, 0.25) is 0 Å². The van der Waals surface area contributed by atoms with Crippen LogP contribution in [0.1, 0.15) is 43.7 Å². The molecule has 0 amide bonds. The summed E-state index contributed by atoms with van der Waals surface area (Å²) in [5, 5.41) is 6.93. The lowest BCUT2D eigenvalue weighted by molar-refractivity contribution is 0.210. The Hall–Kier alpha value is -1.59. The van der Waals surface area contributed by atoms with Gasteiger partial charge in [-0.2, -0.15) is 0 Å². The normalized spacial score (nSPS) is 22.1. The third kappa shape index (κ3) is 6.82.